The van der Waals surface area contributed by atoms with E-state index in [4.69, 9.17) is 5.73 Å². The van der Waals surface area contributed by atoms with Gasteiger partial charge in [-0.15, -0.1) is 0 Å². The van der Waals surface area contributed by atoms with Crippen LogP contribution in [-0.4, -0.2) is 29.2 Å². The lowest BCUT2D eigenvalue weighted by Gasteiger charge is -2.08. The van der Waals surface area contributed by atoms with Gasteiger partial charge in [0, 0.05) is 13.1 Å². The van der Waals surface area contributed by atoms with Gasteiger partial charge in [-0.25, -0.2) is 9.59 Å². The van der Waals surface area contributed by atoms with Crippen LogP contribution in [0.4, 0.5) is 11.5 Å². The topological polar surface area (TPSA) is 99.2 Å². The van der Waals surface area contributed by atoms with Gasteiger partial charge in [-0.1, -0.05) is 0 Å². The highest BCUT2D eigenvalue weighted by atomic mass is 16.5. The summed E-state index contributed by atoms with van der Waals surface area (Å²) >= 11 is 0. The number of ether oxygens (including phenoxy) is 1. The van der Waals surface area contributed by atoms with Crippen LogP contribution in [0, 0.1) is 0 Å². The van der Waals surface area contributed by atoms with Crippen molar-refractivity contribution in [3.63, 3.8) is 0 Å². The molecular formula is C8H10N4O3. The summed E-state index contributed by atoms with van der Waals surface area (Å²) < 4.78 is 5.87. The summed E-state index contributed by atoms with van der Waals surface area (Å²) in [6.07, 6.45) is 0. The molecule has 0 aromatic carbocycles. The lowest BCUT2D eigenvalue weighted by atomic mass is 10.3. The minimum atomic E-state index is -0.707. The molecule has 0 spiro atoms. The summed E-state index contributed by atoms with van der Waals surface area (Å²) in [5.74, 6) is -0.267. The van der Waals surface area contributed by atoms with Crippen molar-refractivity contribution in [1.82, 2.24) is 9.55 Å². The van der Waals surface area contributed by atoms with Gasteiger partial charge < -0.3 is 15.8 Å². The number of aromatic nitrogens is 2. The minimum absolute atomic E-state index is 0.136. The predicted molar refractivity (Wildman–Crippen MR) is 52.7 cm³/mol. The van der Waals surface area contributed by atoms with E-state index >= 15 is 0 Å². The largest absolute Gasteiger partial charge is 0.464 e. The van der Waals surface area contributed by atoms with Crippen molar-refractivity contribution >= 4 is 17.5 Å². The SMILES string of the molecule is COC(=O)c1nc(=O)n2c(c1N)NCC2. The molecule has 0 bridgehead atoms. The van der Waals surface area contributed by atoms with Crippen molar-refractivity contribution in [3.8, 4) is 0 Å². The van der Waals surface area contributed by atoms with E-state index in [2.05, 4.69) is 15.0 Å². The first-order valence-corrected chi connectivity index (χ1v) is 4.37. The van der Waals surface area contributed by atoms with E-state index in [0.717, 1.165) is 0 Å². The number of methoxy groups -OCH3 is 1. The van der Waals surface area contributed by atoms with Gasteiger partial charge in [-0.05, 0) is 0 Å². The maximum absolute atomic E-state index is 11.5. The van der Waals surface area contributed by atoms with Crippen LogP contribution in [0.5, 0.6) is 0 Å². The van der Waals surface area contributed by atoms with Crippen molar-refractivity contribution in [2.45, 2.75) is 6.54 Å². The number of nitrogens with two attached hydrogens (primary N) is 1. The fourth-order valence-electron chi connectivity index (χ4n) is 1.51. The molecule has 0 fully saturated rings. The molecule has 1 aromatic heterocycles. The van der Waals surface area contributed by atoms with Crippen LogP contribution >= 0.6 is 0 Å². The number of carbonyl (C=O) groups is 1. The van der Waals surface area contributed by atoms with E-state index in [1.807, 2.05) is 0 Å². The normalized spacial score (nSPS) is 13.1. The molecule has 1 aromatic rings. The van der Waals surface area contributed by atoms with Crippen molar-refractivity contribution in [3.05, 3.63) is 16.2 Å². The monoisotopic (exact) mass is 210 g/mol. The molecule has 0 atom stereocenters. The first kappa shape index (κ1) is 9.50. The summed E-state index contributed by atoms with van der Waals surface area (Å²) in [6, 6.07) is 0. The van der Waals surface area contributed by atoms with E-state index < -0.39 is 11.7 Å². The molecule has 7 heteroatoms. The molecule has 0 aliphatic carbocycles. The van der Waals surface area contributed by atoms with Crippen LogP contribution in [0.25, 0.3) is 0 Å². The molecule has 2 rings (SSSR count). The van der Waals surface area contributed by atoms with Crippen LogP contribution in [0.2, 0.25) is 0 Å². The number of carbonyl (C=O) groups excluding carboxylic acids is 1. The van der Waals surface area contributed by atoms with Gasteiger partial charge in [0.15, 0.2) is 5.69 Å². The fraction of sp³-hybridized carbons (Fsp3) is 0.375. The number of hydrogen-bond donors (Lipinski definition) is 2. The molecule has 3 N–H and O–H groups in total. The van der Waals surface area contributed by atoms with Crippen LogP contribution in [0.15, 0.2) is 4.79 Å². The summed E-state index contributed by atoms with van der Waals surface area (Å²) in [6.45, 7) is 1.11. The average molecular weight is 210 g/mol. The zero-order valence-electron chi connectivity index (χ0n) is 8.11. The number of nitrogens with one attached hydrogen (secondary N) is 1. The Bertz CT molecular complexity index is 480. The minimum Gasteiger partial charge on any atom is -0.464 e. The zero-order valence-corrected chi connectivity index (χ0v) is 8.11. The first-order valence-electron chi connectivity index (χ1n) is 4.37. The van der Waals surface area contributed by atoms with Crippen LogP contribution < -0.4 is 16.7 Å². The third-order valence-electron chi connectivity index (χ3n) is 2.23. The van der Waals surface area contributed by atoms with E-state index in [1.54, 1.807) is 0 Å². The molecule has 1 aliphatic heterocycles. The maximum Gasteiger partial charge on any atom is 0.359 e. The highest BCUT2D eigenvalue weighted by Crippen LogP contribution is 2.22. The van der Waals surface area contributed by atoms with E-state index in [0.29, 0.717) is 18.9 Å². The number of rotatable bonds is 1. The second kappa shape index (κ2) is 3.26. The number of anilines is 2. The lowest BCUT2D eigenvalue weighted by Crippen LogP contribution is -2.26. The number of fused-ring (bicyclic) bond motifs is 1. The Kier molecular flexibility index (Phi) is 2.07. The van der Waals surface area contributed by atoms with Crippen LogP contribution in [-0.2, 0) is 11.3 Å². The summed E-state index contributed by atoms with van der Waals surface area (Å²) in [7, 11) is 1.21. The van der Waals surface area contributed by atoms with Crippen molar-refractivity contribution in [2.24, 2.45) is 0 Å². The van der Waals surface area contributed by atoms with E-state index in [-0.39, 0.29) is 11.4 Å². The van der Waals surface area contributed by atoms with E-state index in [9.17, 15) is 9.59 Å². The van der Waals surface area contributed by atoms with Gasteiger partial charge >= 0.3 is 11.7 Å². The molecule has 7 nitrogen and oxygen atoms in total. The Balaban J connectivity index is 2.65. The fourth-order valence-corrected chi connectivity index (χ4v) is 1.51. The molecule has 80 valence electrons. The number of esters is 1. The van der Waals surface area contributed by atoms with Gasteiger partial charge in [-0.2, -0.15) is 4.98 Å². The Hall–Kier alpha value is -2.05. The second-order valence-electron chi connectivity index (χ2n) is 3.08. The molecule has 0 radical (unpaired) electrons. The first-order chi connectivity index (χ1) is 7.15. The molecule has 0 saturated carbocycles. The van der Waals surface area contributed by atoms with Gasteiger partial charge in [0.1, 0.15) is 11.5 Å². The molecule has 15 heavy (non-hydrogen) atoms. The highest BCUT2D eigenvalue weighted by molar-refractivity contribution is 5.95. The number of nitrogens with zero attached hydrogens (tertiary/aromatic N) is 2. The Morgan fingerprint density at radius 3 is 3.07 bits per heavy atom. The van der Waals surface area contributed by atoms with Gasteiger partial charge in [0.2, 0.25) is 0 Å². The predicted octanol–water partition coefficient (Wildman–Crippen LogP) is -0.962. The van der Waals surface area contributed by atoms with Gasteiger partial charge in [0.05, 0.1) is 7.11 Å². The Morgan fingerprint density at radius 2 is 2.40 bits per heavy atom. The average Bonchev–Trinajstić information content (AvgIpc) is 2.71. The smallest absolute Gasteiger partial charge is 0.359 e. The molecule has 2 heterocycles. The Labute approximate surface area is 84.9 Å². The number of hydrogen-bond acceptors (Lipinski definition) is 6. The second-order valence-corrected chi connectivity index (χ2v) is 3.08. The van der Waals surface area contributed by atoms with Crippen molar-refractivity contribution in [1.29, 1.82) is 0 Å². The molecule has 0 saturated heterocycles. The standard InChI is InChI=1S/C8H10N4O3/c1-15-7(13)5-4(9)6-10-2-3-12(6)8(14)11-5/h10H,2-3,9H2,1H3. The Morgan fingerprint density at radius 1 is 1.67 bits per heavy atom. The molecule has 0 unspecified atom stereocenters. The van der Waals surface area contributed by atoms with Crippen molar-refractivity contribution < 1.29 is 9.53 Å². The molecule has 0 amide bonds. The third kappa shape index (κ3) is 1.32. The highest BCUT2D eigenvalue weighted by Gasteiger charge is 2.22. The number of nitrogen functional groups attached to an aromatic ring is 1. The van der Waals surface area contributed by atoms with Crippen LogP contribution in [0.1, 0.15) is 10.5 Å². The van der Waals surface area contributed by atoms with Crippen LogP contribution in [0.3, 0.4) is 0 Å². The van der Waals surface area contributed by atoms with E-state index in [1.165, 1.54) is 11.7 Å². The summed E-state index contributed by atoms with van der Waals surface area (Å²) in [5.41, 5.74) is 5.21. The zero-order chi connectivity index (χ0) is 11.0. The third-order valence-corrected chi connectivity index (χ3v) is 2.23. The molecule has 1 aliphatic rings. The van der Waals surface area contributed by atoms with Gasteiger partial charge in [0.25, 0.3) is 0 Å². The molecular weight excluding hydrogens is 200 g/mol. The quantitative estimate of drug-likeness (QED) is 0.579. The van der Waals surface area contributed by atoms with Crippen molar-refractivity contribution in [2.75, 3.05) is 24.7 Å². The maximum atomic E-state index is 11.5. The van der Waals surface area contributed by atoms with Gasteiger partial charge in [-0.3, -0.25) is 4.57 Å². The summed E-state index contributed by atoms with van der Waals surface area (Å²) in [4.78, 5) is 26.3. The lowest BCUT2D eigenvalue weighted by molar-refractivity contribution is 0.0594. The summed E-state index contributed by atoms with van der Waals surface area (Å²) in [5, 5.41) is 2.92.